The van der Waals surface area contributed by atoms with Gasteiger partial charge in [0, 0.05) is 19.3 Å². The highest BCUT2D eigenvalue weighted by Gasteiger charge is 2.19. The summed E-state index contributed by atoms with van der Waals surface area (Å²) >= 11 is 0. The molecule has 0 saturated carbocycles. The minimum atomic E-state index is -0.761. The van der Waals surface area contributed by atoms with Crippen LogP contribution >= 0.6 is 0 Å². The Bertz CT molecular complexity index is 933. The highest BCUT2D eigenvalue weighted by molar-refractivity contribution is 5.71. The van der Waals surface area contributed by atoms with E-state index in [2.05, 4.69) is 27.7 Å². The molecule has 6 heteroatoms. The van der Waals surface area contributed by atoms with Crippen molar-refractivity contribution < 1.29 is 28.6 Å². The molecule has 0 saturated heterocycles. The Labute approximate surface area is 387 Å². The molecule has 6 nitrogen and oxygen atoms in total. The standard InChI is InChI=1S/C56H108O6/c1-5-7-9-11-13-15-17-22-27-31-35-39-43-47-54(57)60-50-53(62-56(59)49-45-41-37-33-29-23-18-16-14-12-10-8-6-2)51-61-55(58)48-44-40-36-32-28-25-21-19-20-24-26-30-34-38-42-46-52(3)4/h52-53H,5-51H2,1-4H3/t53-/m0/s1. The van der Waals surface area contributed by atoms with Gasteiger partial charge >= 0.3 is 17.9 Å². The second kappa shape index (κ2) is 50.4. The van der Waals surface area contributed by atoms with Crippen molar-refractivity contribution in [2.45, 2.75) is 323 Å². The Hall–Kier alpha value is -1.59. The van der Waals surface area contributed by atoms with E-state index in [1.165, 1.54) is 212 Å². The summed E-state index contributed by atoms with van der Waals surface area (Å²) in [4.78, 5) is 38.0. The van der Waals surface area contributed by atoms with E-state index in [1.54, 1.807) is 0 Å². The molecule has 0 aromatic rings. The summed E-state index contributed by atoms with van der Waals surface area (Å²) in [6.45, 7) is 9.06. The van der Waals surface area contributed by atoms with Crippen molar-refractivity contribution in [1.29, 1.82) is 0 Å². The average Bonchev–Trinajstić information content (AvgIpc) is 3.26. The molecule has 0 aliphatic rings. The van der Waals surface area contributed by atoms with Gasteiger partial charge in [-0.15, -0.1) is 0 Å². The van der Waals surface area contributed by atoms with E-state index >= 15 is 0 Å². The lowest BCUT2D eigenvalue weighted by molar-refractivity contribution is -0.167. The molecule has 0 aliphatic carbocycles. The Kier molecular flexibility index (Phi) is 49.1. The van der Waals surface area contributed by atoms with Gasteiger partial charge in [0.1, 0.15) is 13.2 Å². The molecule has 0 rings (SSSR count). The van der Waals surface area contributed by atoms with E-state index in [1.807, 2.05) is 0 Å². The van der Waals surface area contributed by atoms with Gasteiger partial charge in [0.2, 0.25) is 0 Å². The Morgan fingerprint density at radius 1 is 0.306 bits per heavy atom. The maximum absolute atomic E-state index is 12.8. The van der Waals surface area contributed by atoms with Gasteiger partial charge in [0.25, 0.3) is 0 Å². The highest BCUT2D eigenvalue weighted by atomic mass is 16.6. The predicted octanol–water partition coefficient (Wildman–Crippen LogP) is 18.2. The molecule has 0 amide bonds. The normalized spacial score (nSPS) is 12.0. The van der Waals surface area contributed by atoms with Crippen molar-refractivity contribution in [2.75, 3.05) is 13.2 Å². The van der Waals surface area contributed by atoms with Crippen molar-refractivity contribution in [3.8, 4) is 0 Å². The Morgan fingerprint density at radius 3 is 0.790 bits per heavy atom. The molecule has 0 aromatic carbocycles. The van der Waals surface area contributed by atoms with Gasteiger partial charge in [-0.05, 0) is 25.2 Å². The summed E-state index contributed by atoms with van der Waals surface area (Å²) in [7, 11) is 0. The summed E-state index contributed by atoms with van der Waals surface area (Å²) in [6, 6.07) is 0. The van der Waals surface area contributed by atoms with Crippen molar-refractivity contribution in [2.24, 2.45) is 5.92 Å². The maximum atomic E-state index is 12.8. The molecule has 0 unspecified atom stereocenters. The number of carbonyl (C=O) groups is 3. The minimum absolute atomic E-state index is 0.0620. The molecular formula is C56H108O6. The predicted molar refractivity (Wildman–Crippen MR) is 266 cm³/mol. The fraction of sp³-hybridized carbons (Fsp3) is 0.946. The van der Waals surface area contributed by atoms with Crippen LogP contribution < -0.4 is 0 Å². The largest absolute Gasteiger partial charge is 0.462 e. The molecule has 1 atom stereocenters. The van der Waals surface area contributed by atoms with Crippen LogP contribution in [0.2, 0.25) is 0 Å². The first-order valence-electron chi connectivity index (χ1n) is 27.9. The summed E-state index contributed by atoms with van der Waals surface area (Å²) in [5.41, 5.74) is 0. The van der Waals surface area contributed by atoms with Crippen LogP contribution in [0.1, 0.15) is 317 Å². The van der Waals surface area contributed by atoms with Crippen LogP contribution in [0.5, 0.6) is 0 Å². The molecule has 0 fully saturated rings. The average molecular weight is 877 g/mol. The number of hydrogen-bond donors (Lipinski definition) is 0. The first-order chi connectivity index (χ1) is 30.4. The van der Waals surface area contributed by atoms with Crippen LogP contribution in [0.25, 0.3) is 0 Å². The van der Waals surface area contributed by atoms with Crippen LogP contribution in [0, 0.1) is 5.92 Å². The molecule has 0 N–H and O–H groups in total. The first-order valence-corrected chi connectivity index (χ1v) is 27.9. The smallest absolute Gasteiger partial charge is 0.306 e. The van der Waals surface area contributed by atoms with Gasteiger partial charge in [-0.25, -0.2) is 0 Å². The zero-order valence-electron chi connectivity index (χ0n) is 42.3. The second-order valence-electron chi connectivity index (χ2n) is 19.7. The Balaban J connectivity index is 4.27. The summed E-state index contributed by atoms with van der Waals surface area (Å²) in [5, 5.41) is 0. The molecular weight excluding hydrogens is 769 g/mol. The van der Waals surface area contributed by atoms with Gasteiger partial charge in [0.05, 0.1) is 0 Å². The van der Waals surface area contributed by atoms with Gasteiger partial charge in [-0.2, -0.15) is 0 Å². The third-order valence-electron chi connectivity index (χ3n) is 12.8. The maximum Gasteiger partial charge on any atom is 0.306 e. The van der Waals surface area contributed by atoms with E-state index in [0.717, 1.165) is 63.7 Å². The van der Waals surface area contributed by atoms with E-state index in [4.69, 9.17) is 14.2 Å². The van der Waals surface area contributed by atoms with Gasteiger partial charge in [-0.3, -0.25) is 14.4 Å². The minimum Gasteiger partial charge on any atom is -0.462 e. The lowest BCUT2D eigenvalue weighted by Crippen LogP contribution is -2.30. The highest BCUT2D eigenvalue weighted by Crippen LogP contribution is 2.18. The fourth-order valence-electron chi connectivity index (χ4n) is 8.57. The fourth-order valence-corrected chi connectivity index (χ4v) is 8.57. The molecule has 0 aliphatic heterocycles. The first kappa shape index (κ1) is 60.4. The molecule has 368 valence electrons. The van der Waals surface area contributed by atoms with Crippen LogP contribution in [0.15, 0.2) is 0 Å². The van der Waals surface area contributed by atoms with Crippen molar-refractivity contribution in [1.82, 2.24) is 0 Å². The third-order valence-corrected chi connectivity index (χ3v) is 12.8. The van der Waals surface area contributed by atoms with Crippen LogP contribution in [0.4, 0.5) is 0 Å². The summed E-state index contributed by atoms with van der Waals surface area (Å²) in [5.74, 6) is 0.0114. The van der Waals surface area contributed by atoms with Gasteiger partial charge in [0.15, 0.2) is 6.10 Å². The van der Waals surface area contributed by atoms with Crippen molar-refractivity contribution in [3.05, 3.63) is 0 Å². The van der Waals surface area contributed by atoms with Crippen LogP contribution in [-0.2, 0) is 28.6 Å². The zero-order chi connectivity index (χ0) is 45.2. The summed E-state index contributed by atoms with van der Waals surface area (Å²) in [6.07, 6.45) is 53.7. The monoisotopic (exact) mass is 877 g/mol. The second-order valence-corrected chi connectivity index (χ2v) is 19.7. The van der Waals surface area contributed by atoms with Crippen LogP contribution in [0.3, 0.4) is 0 Å². The van der Waals surface area contributed by atoms with E-state index in [9.17, 15) is 14.4 Å². The van der Waals surface area contributed by atoms with Crippen LogP contribution in [-0.4, -0.2) is 37.2 Å². The molecule has 0 spiro atoms. The molecule has 62 heavy (non-hydrogen) atoms. The zero-order valence-corrected chi connectivity index (χ0v) is 42.3. The molecule has 0 aromatic heterocycles. The number of rotatable bonds is 51. The Morgan fingerprint density at radius 2 is 0.532 bits per heavy atom. The van der Waals surface area contributed by atoms with Crippen molar-refractivity contribution in [3.63, 3.8) is 0 Å². The van der Waals surface area contributed by atoms with E-state index < -0.39 is 6.10 Å². The number of carbonyl (C=O) groups excluding carboxylic acids is 3. The lowest BCUT2D eigenvalue weighted by Gasteiger charge is -2.18. The molecule has 0 radical (unpaired) electrons. The number of hydrogen-bond acceptors (Lipinski definition) is 6. The molecule has 0 bridgehead atoms. The number of unbranched alkanes of at least 4 members (excludes halogenated alkanes) is 38. The SMILES string of the molecule is CCCCCCCCCCCCCCCC(=O)OC[C@@H](COC(=O)CCCCCCCCCCCCCCCCCC(C)C)OC(=O)CCCCCCCCCCCCCCC. The molecule has 0 heterocycles. The van der Waals surface area contributed by atoms with Crippen molar-refractivity contribution >= 4 is 17.9 Å². The van der Waals surface area contributed by atoms with E-state index in [0.29, 0.717) is 19.3 Å². The lowest BCUT2D eigenvalue weighted by atomic mass is 10.0. The topological polar surface area (TPSA) is 78.9 Å². The number of ether oxygens (including phenoxy) is 3. The summed E-state index contributed by atoms with van der Waals surface area (Å²) < 4.78 is 16.9. The third kappa shape index (κ3) is 49.4. The van der Waals surface area contributed by atoms with E-state index in [-0.39, 0.29) is 31.1 Å². The quantitative estimate of drug-likeness (QED) is 0.0344. The van der Waals surface area contributed by atoms with Gasteiger partial charge in [-0.1, -0.05) is 278 Å². The van der Waals surface area contributed by atoms with Gasteiger partial charge < -0.3 is 14.2 Å². The number of esters is 3.